The number of amidine groups is 1. The molecule has 0 N–H and O–H groups in total. The first-order valence-electron chi connectivity index (χ1n) is 8.48. The minimum absolute atomic E-state index is 0.151. The second-order valence-electron chi connectivity index (χ2n) is 7.54. The Hall–Kier alpha value is -2.19. The van der Waals surface area contributed by atoms with E-state index in [-0.39, 0.29) is 5.41 Å². The molecule has 0 atom stereocenters. The molecule has 0 aromatic heterocycles. The fourth-order valence-electron chi connectivity index (χ4n) is 2.87. The van der Waals surface area contributed by atoms with Crippen molar-refractivity contribution >= 4 is 34.4 Å². The number of rotatable bonds is 1. The molecule has 0 saturated heterocycles. The number of aliphatic imine (C=N–C) groups is 2. The molecule has 2 nitrogen and oxygen atoms in total. The number of halogens is 1. The van der Waals surface area contributed by atoms with Crippen LogP contribution in [0.5, 0.6) is 0 Å². The van der Waals surface area contributed by atoms with Crippen molar-refractivity contribution in [2.45, 2.75) is 34.6 Å². The Labute approximate surface area is 155 Å². The van der Waals surface area contributed by atoms with Gasteiger partial charge in [-0.25, -0.2) is 9.98 Å². The molecule has 1 heterocycles. The molecular formula is C22H23ClN2. The van der Waals surface area contributed by atoms with Crippen LogP contribution in [0.15, 0.2) is 64.1 Å². The van der Waals surface area contributed by atoms with Crippen LogP contribution in [0.3, 0.4) is 0 Å². The van der Waals surface area contributed by atoms with Gasteiger partial charge >= 0.3 is 0 Å². The number of fused-ring (bicyclic) bond motifs is 1. The summed E-state index contributed by atoms with van der Waals surface area (Å²) in [6.07, 6.45) is 0. The van der Waals surface area contributed by atoms with Crippen molar-refractivity contribution < 1.29 is 0 Å². The zero-order valence-electron chi connectivity index (χ0n) is 15.4. The predicted molar refractivity (Wildman–Crippen MR) is 109 cm³/mol. The summed E-state index contributed by atoms with van der Waals surface area (Å²) in [4.78, 5) is 9.94. The molecule has 2 aromatic carbocycles. The van der Waals surface area contributed by atoms with Gasteiger partial charge in [0.15, 0.2) is 0 Å². The third-order valence-electron chi connectivity index (χ3n) is 4.14. The number of nitrogens with zero attached hydrogens (tertiary/aromatic N) is 2. The molecule has 3 rings (SSSR count). The molecule has 128 valence electrons. The Bertz CT molecular complexity index is 890. The fraction of sp³-hybridized carbons (Fsp3) is 0.273. The van der Waals surface area contributed by atoms with Crippen molar-refractivity contribution in [1.29, 1.82) is 0 Å². The van der Waals surface area contributed by atoms with E-state index in [1.165, 1.54) is 5.57 Å². The molecular weight excluding hydrogens is 328 g/mol. The van der Waals surface area contributed by atoms with E-state index in [0.717, 1.165) is 39.0 Å². The summed E-state index contributed by atoms with van der Waals surface area (Å²) < 4.78 is 0. The molecule has 1 aliphatic heterocycles. The van der Waals surface area contributed by atoms with Gasteiger partial charge in [-0.2, -0.15) is 0 Å². The number of benzene rings is 2. The Balaban J connectivity index is 2.34. The maximum absolute atomic E-state index is 6.09. The van der Waals surface area contributed by atoms with Crippen molar-refractivity contribution in [2.24, 2.45) is 15.4 Å². The van der Waals surface area contributed by atoms with Crippen LogP contribution in [-0.4, -0.2) is 11.5 Å². The van der Waals surface area contributed by atoms with Gasteiger partial charge in [-0.15, -0.1) is 0 Å². The largest absolute Gasteiger partial charge is 0.232 e. The summed E-state index contributed by atoms with van der Waals surface area (Å²) in [5, 5.41) is 0.724. The Morgan fingerprint density at radius 2 is 1.52 bits per heavy atom. The van der Waals surface area contributed by atoms with Gasteiger partial charge in [0.2, 0.25) is 0 Å². The minimum Gasteiger partial charge on any atom is -0.232 e. The number of hydrogen-bond donors (Lipinski definition) is 0. The quantitative estimate of drug-likeness (QED) is 0.545. The van der Waals surface area contributed by atoms with Crippen molar-refractivity contribution in [3.63, 3.8) is 0 Å². The molecule has 0 unspecified atom stereocenters. The lowest BCUT2D eigenvalue weighted by Crippen LogP contribution is -2.20. The Morgan fingerprint density at radius 3 is 2.12 bits per heavy atom. The molecule has 2 aromatic rings. The molecule has 0 aliphatic carbocycles. The standard InChI is InChI=1S/C22H23ClN2/c1-14(2)19-17-8-6-7-9-18(17)24-21(22(3,4)5)25-20(19)15-10-12-16(23)13-11-15/h6-13H,1-5H3. The first-order chi connectivity index (χ1) is 11.8. The van der Waals surface area contributed by atoms with Crippen LogP contribution in [0, 0.1) is 5.41 Å². The van der Waals surface area contributed by atoms with Crippen LogP contribution in [0.4, 0.5) is 5.69 Å². The first-order valence-corrected chi connectivity index (χ1v) is 8.86. The summed E-state index contributed by atoms with van der Waals surface area (Å²) in [6, 6.07) is 16.1. The van der Waals surface area contributed by atoms with Gasteiger partial charge in [-0.1, -0.05) is 68.3 Å². The van der Waals surface area contributed by atoms with Gasteiger partial charge in [-0.3, -0.25) is 0 Å². The van der Waals surface area contributed by atoms with Crippen molar-refractivity contribution in [1.82, 2.24) is 0 Å². The first kappa shape index (κ1) is 17.6. The third kappa shape index (κ3) is 3.59. The highest BCUT2D eigenvalue weighted by Crippen LogP contribution is 2.36. The zero-order chi connectivity index (χ0) is 18.2. The molecule has 0 saturated carbocycles. The van der Waals surface area contributed by atoms with E-state index in [1.54, 1.807) is 0 Å². The highest BCUT2D eigenvalue weighted by atomic mass is 35.5. The topological polar surface area (TPSA) is 24.7 Å². The third-order valence-corrected chi connectivity index (χ3v) is 4.39. The number of hydrogen-bond acceptors (Lipinski definition) is 2. The molecule has 0 bridgehead atoms. The van der Waals surface area contributed by atoms with Crippen LogP contribution in [0.2, 0.25) is 5.02 Å². The minimum atomic E-state index is -0.151. The van der Waals surface area contributed by atoms with Gasteiger partial charge in [0.25, 0.3) is 0 Å². The second kappa shape index (κ2) is 6.61. The lowest BCUT2D eigenvalue weighted by Gasteiger charge is -2.18. The molecule has 0 radical (unpaired) electrons. The van der Waals surface area contributed by atoms with E-state index in [9.17, 15) is 0 Å². The summed E-state index contributed by atoms with van der Waals surface area (Å²) in [5.74, 6) is 0.834. The van der Waals surface area contributed by atoms with Gasteiger partial charge in [0.05, 0.1) is 11.4 Å². The lowest BCUT2D eigenvalue weighted by molar-refractivity contribution is 0.586. The molecule has 1 aliphatic rings. The SMILES string of the molecule is CC(C)=C1C(c2ccc(Cl)cc2)=NC(C(C)(C)C)=Nc2ccccc21. The van der Waals surface area contributed by atoms with E-state index in [1.807, 2.05) is 30.3 Å². The summed E-state index contributed by atoms with van der Waals surface area (Å²) in [7, 11) is 0. The number of allylic oxidation sites excluding steroid dienone is 2. The molecule has 3 heteroatoms. The van der Waals surface area contributed by atoms with Crippen LogP contribution in [0.1, 0.15) is 45.7 Å². The van der Waals surface area contributed by atoms with E-state index >= 15 is 0 Å². The maximum atomic E-state index is 6.09. The normalized spacial score (nSPS) is 14.4. The van der Waals surface area contributed by atoms with Crippen LogP contribution in [-0.2, 0) is 0 Å². The zero-order valence-corrected chi connectivity index (χ0v) is 16.1. The van der Waals surface area contributed by atoms with E-state index in [0.29, 0.717) is 0 Å². The van der Waals surface area contributed by atoms with Crippen molar-refractivity contribution in [3.8, 4) is 0 Å². The molecule has 0 spiro atoms. The van der Waals surface area contributed by atoms with Crippen molar-refractivity contribution in [2.75, 3.05) is 0 Å². The molecule has 25 heavy (non-hydrogen) atoms. The summed E-state index contributed by atoms with van der Waals surface area (Å²) >= 11 is 6.09. The average Bonchev–Trinajstić information content (AvgIpc) is 2.72. The van der Waals surface area contributed by atoms with Crippen LogP contribution < -0.4 is 0 Å². The van der Waals surface area contributed by atoms with E-state index in [2.05, 4.69) is 52.8 Å². The summed E-state index contributed by atoms with van der Waals surface area (Å²) in [6.45, 7) is 10.7. The van der Waals surface area contributed by atoms with E-state index in [4.69, 9.17) is 21.6 Å². The van der Waals surface area contributed by atoms with Gasteiger partial charge in [0.1, 0.15) is 5.84 Å². The Morgan fingerprint density at radius 1 is 0.880 bits per heavy atom. The highest BCUT2D eigenvalue weighted by Gasteiger charge is 2.26. The number of para-hydroxylation sites is 1. The van der Waals surface area contributed by atoms with Gasteiger partial charge < -0.3 is 0 Å². The van der Waals surface area contributed by atoms with Crippen molar-refractivity contribution in [3.05, 3.63) is 70.3 Å². The average molecular weight is 351 g/mol. The highest BCUT2D eigenvalue weighted by molar-refractivity contribution is 6.36. The van der Waals surface area contributed by atoms with Crippen LogP contribution in [0.25, 0.3) is 5.57 Å². The maximum Gasteiger partial charge on any atom is 0.135 e. The van der Waals surface area contributed by atoms with Gasteiger partial charge in [0, 0.05) is 27.1 Å². The lowest BCUT2D eigenvalue weighted by atomic mass is 9.91. The summed E-state index contributed by atoms with van der Waals surface area (Å²) in [5.41, 5.74) is 6.30. The Kier molecular flexibility index (Phi) is 4.66. The van der Waals surface area contributed by atoms with Crippen LogP contribution >= 0.6 is 11.6 Å². The second-order valence-corrected chi connectivity index (χ2v) is 7.98. The fourth-order valence-corrected chi connectivity index (χ4v) is 3.00. The van der Waals surface area contributed by atoms with Gasteiger partial charge in [-0.05, 0) is 32.0 Å². The molecule has 0 fully saturated rings. The smallest absolute Gasteiger partial charge is 0.135 e. The predicted octanol–water partition coefficient (Wildman–Crippen LogP) is 6.71. The monoisotopic (exact) mass is 350 g/mol. The van der Waals surface area contributed by atoms with E-state index < -0.39 is 0 Å². The molecule has 0 amide bonds.